The molecule has 2 aromatic rings. The first-order valence-electron chi connectivity index (χ1n) is 13.2. The van der Waals surface area contributed by atoms with Gasteiger partial charge >= 0.3 is 0 Å². The largest absolute Gasteiger partial charge is 0.504 e. The number of benzene rings is 1. The van der Waals surface area contributed by atoms with Gasteiger partial charge in [0.15, 0.2) is 11.5 Å². The molecule has 2 saturated carbocycles. The van der Waals surface area contributed by atoms with Gasteiger partial charge in [-0.05, 0) is 74.2 Å². The number of aromatic nitrogens is 1. The molecule has 35 heavy (non-hydrogen) atoms. The molecule has 3 aliphatic carbocycles. The van der Waals surface area contributed by atoms with Crippen molar-refractivity contribution in [2.75, 3.05) is 13.1 Å². The van der Waals surface area contributed by atoms with Gasteiger partial charge < -0.3 is 20.5 Å². The number of pyridine rings is 1. The third-order valence-corrected chi connectivity index (χ3v) is 9.51. The Morgan fingerprint density at radius 1 is 1.26 bits per heavy atom. The zero-order valence-electron chi connectivity index (χ0n) is 20.3. The van der Waals surface area contributed by atoms with E-state index in [0.29, 0.717) is 12.3 Å². The molecule has 0 unspecified atom stereocenters. The highest BCUT2D eigenvalue weighted by Gasteiger charge is 2.73. The molecule has 1 spiro atoms. The lowest BCUT2D eigenvalue weighted by Crippen LogP contribution is -2.82. The summed E-state index contributed by atoms with van der Waals surface area (Å²) in [6.45, 7) is 4.50. The highest BCUT2D eigenvalue weighted by Crippen LogP contribution is 2.65. The van der Waals surface area contributed by atoms with Crippen molar-refractivity contribution < 1.29 is 14.6 Å². The Labute approximate surface area is 206 Å². The van der Waals surface area contributed by atoms with E-state index in [0.717, 1.165) is 55.8 Å². The van der Waals surface area contributed by atoms with E-state index in [2.05, 4.69) is 32.7 Å². The van der Waals surface area contributed by atoms with Crippen molar-refractivity contribution in [1.82, 2.24) is 20.5 Å². The quantitative estimate of drug-likeness (QED) is 0.597. The highest BCUT2D eigenvalue weighted by atomic mass is 16.5. The van der Waals surface area contributed by atoms with Crippen LogP contribution in [-0.2, 0) is 23.2 Å². The average molecular weight is 475 g/mol. The number of likely N-dealkylation sites (tertiary alicyclic amines) is 1. The Balaban J connectivity index is 1.34. The summed E-state index contributed by atoms with van der Waals surface area (Å²) in [5.74, 6) is 1.68. The smallest absolute Gasteiger partial charge is 0.217 e. The van der Waals surface area contributed by atoms with Gasteiger partial charge in [-0.1, -0.05) is 12.1 Å². The monoisotopic (exact) mass is 474 g/mol. The van der Waals surface area contributed by atoms with E-state index in [-0.39, 0.29) is 35.3 Å². The van der Waals surface area contributed by atoms with E-state index >= 15 is 0 Å². The second kappa shape index (κ2) is 7.68. The van der Waals surface area contributed by atoms with Crippen LogP contribution in [0.25, 0.3) is 0 Å². The van der Waals surface area contributed by atoms with Crippen LogP contribution in [0.2, 0.25) is 0 Å². The molecule has 7 heteroatoms. The van der Waals surface area contributed by atoms with Crippen LogP contribution in [0.3, 0.4) is 0 Å². The number of aromatic hydroxyl groups is 1. The van der Waals surface area contributed by atoms with Crippen LogP contribution in [0.4, 0.5) is 0 Å². The molecular weight excluding hydrogens is 440 g/mol. The van der Waals surface area contributed by atoms with E-state index < -0.39 is 5.54 Å². The predicted molar refractivity (Wildman–Crippen MR) is 131 cm³/mol. The minimum atomic E-state index is -0.394. The van der Waals surface area contributed by atoms with Crippen LogP contribution < -0.4 is 15.4 Å². The maximum absolute atomic E-state index is 12.8. The van der Waals surface area contributed by atoms with Gasteiger partial charge in [0.25, 0.3) is 0 Å². The second-order valence-corrected chi connectivity index (χ2v) is 11.4. The SMILES string of the molecule is CC(=O)N[C@@]12CC[C@@H](NCc3cccnc3)[C@@H]3Oc4c(O)ccc5c4[C@@]31CCN(CC1CC1)[C@@H]2C5. The molecule has 1 aromatic carbocycles. The van der Waals surface area contributed by atoms with Crippen molar-refractivity contribution in [2.45, 2.75) is 81.1 Å². The number of carbonyl (C=O) groups is 1. The molecule has 1 amide bonds. The minimum absolute atomic E-state index is 0.0280. The Morgan fingerprint density at radius 2 is 2.14 bits per heavy atom. The fourth-order valence-electron chi connectivity index (χ4n) is 8.06. The number of nitrogens with zero attached hydrogens (tertiary/aromatic N) is 2. The number of carbonyl (C=O) groups excluding carboxylic acids is 1. The highest BCUT2D eigenvalue weighted by molar-refractivity contribution is 5.76. The molecule has 3 heterocycles. The number of rotatable bonds is 6. The Bertz CT molecular complexity index is 1170. The average Bonchev–Trinajstić information content (AvgIpc) is 3.59. The molecule has 2 bridgehead atoms. The number of phenols is 1. The first kappa shape index (κ1) is 21.6. The van der Waals surface area contributed by atoms with Gasteiger partial charge in [-0.15, -0.1) is 0 Å². The van der Waals surface area contributed by atoms with Crippen molar-refractivity contribution in [1.29, 1.82) is 0 Å². The van der Waals surface area contributed by atoms with Gasteiger partial charge in [0.2, 0.25) is 5.91 Å². The lowest BCUT2D eigenvalue weighted by Gasteiger charge is -2.66. The standard InChI is InChI=1S/C28H34N4O3/c1-17(33)31-28-9-8-21(30-15-19-3-2-11-29-14-19)26-27(28)10-12-32(16-18-4-5-18)23(28)13-20-6-7-22(34)25(35-26)24(20)27/h2-3,6-7,11,14,18,21,23,26,30,34H,4-5,8-10,12-13,15-16H2,1H3,(H,31,33)/t21-,23-,26+,27+,28-/m1/s1. The minimum Gasteiger partial charge on any atom is -0.504 e. The third-order valence-electron chi connectivity index (χ3n) is 9.51. The third kappa shape index (κ3) is 3.04. The lowest BCUT2D eigenvalue weighted by atomic mass is 9.46. The Kier molecular flexibility index (Phi) is 4.74. The molecule has 184 valence electrons. The predicted octanol–water partition coefficient (Wildman–Crippen LogP) is 2.65. The zero-order valence-corrected chi connectivity index (χ0v) is 20.3. The van der Waals surface area contributed by atoms with Crippen molar-refractivity contribution in [3.05, 3.63) is 53.3 Å². The number of ether oxygens (including phenoxy) is 1. The molecule has 3 fully saturated rings. The maximum atomic E-state index is 12.8. The van der Waals surface area contributed by atoms with Crippen LogP contribution in [0, 0.1) is 5.92 Å². The second-order valence-electron chi connectivity index (χ2n) is 11.4. The van der Waals surface area contributed by atoms with Crippen LogP contribution >= 0.6 is 0 Å². The molecule has 7 rings (SSSR count). The van der Waals surface area contributed by atoms with E-state index in [1.54, 1.807) is 19.2 Å². The van der Waals surface area contributed by atoms with E-state index in [1.807, 2.05) is 12.3 Å². The molecule has 5 aliphatic rings. The fourth-order valence-corrected chi connectivity index (χ4v) is 8.06. The van der Waals surface area contributed by atoms with Crippen LogP contribution in [0.5, 0.6) is 11.5 Å². The van der Waals surface area contributed by atoms with E-state index in [1.165, 1.54) is 18.4 Å². The van der Waals surface area contributed by atoms with Crippen LogP contribution in [0.1, 0.15) is 55.7 Å². The van der Waals surface area contributed by atoms with Gasteiger partial charge in [-0.2, -0.15) is 0 Å². The number of phenolic OH excluding ortho intramolecular Hbond substituents is 1. The summed E-state index contributed by atoms with van der Waals surface area (Å²) in [7, 11) is 0. The summed E-state index contributed by atoms with van der Waals surface area (Å²) in [5, 5.41) is 18.2. The summed E-state index contributed by atoms with van der Waals surface area (Å²) in [6.07, 6.45) is 9.82. The van der Waals surface area contributed by atoms with Gasteiger partial charge in [-0.3, -0.25) is 14.7 Å². The normalized spacial score (nSPS) is 34.7. The first-order valence-corrected chi connectivity index (χ1v) is 13.2. The van der Waals surface area contributed by atoms with Gasteiger partial charge in [-0.25, -0.2) is 0 Å². The van der Waals surface area contributed by atoms with Crippen molar-refractivity contribution in [3.8, 4) is 11.5 Å². The summed E-state index contributed by atoms with van der Waals surface area (Å²) < 4.78 is 6.75. The molecule has 7 nitrogen and oxygen atoms in total. The topological polar surface area (TPSA) is 86.7 Å². The Morgan fingerprint density at radius 3 is 2.91 bits per heavy atom. The van der Waals surface area contributed by atoms with Crippen molar-refractivity contribution in [3.63, 3.8) is 0 Å². The molecular formula is C28H34N4O3. The molecule has 1 aromatic heterocycles. The first-order chi connectivity index (χ1) is 17.0. The van der Waals surface area contributed by atoms with Crippen molar-refractivity contribution >= 4 is 5.91 Å². The maximum Gasteiger partial charge on any atom is 0.217 e. The van der Waals surface area contributed by atoms with E-state index in [9.17, 15) is 9.90 Å². The summed E-state index contributed by atoms with van der Waals surface area (Å²) in [6, 6.07) is 8.31. The molecule has 1 saturated heterocycles. The fraction of sp³-hybridized carbons (Fsp3) is 0.571. The number of hydrogen-bond donors (Lipinski definition) is 3. The molecule has 0 radical (unpaired) electrons. The van der Waals surface area contributed by atoms with Gasteiger partial charge in [0, 0.05) is 50.1 Å². The summed E-state index contributed by atoms with van der Waals surface area (Å²) in [5.41, 5.74) is 2.83. The van der Waals surface area contributed by atoms with Crippen molar-refractivity contribution in [2.24, 2.45) is 5.92 Å². The number of amides is 1. The van der Waals surface area contributed by atoms with Gasteiger partial charge in [0.05, 0.1) is 11.0 Å². The zero-order chi connectivity index (χ0) is 23.8. The van der Waals surface area contributed by atoms with Crippen LogP contribution in [-0.4, -0.2) is 57.7 Å². The number of nitrogens with one attached hydrogen (secondary N) is 2. The molecule has 3 N–H and O–H groups in total. The number of piperidine rings is 1. The molecule has 5 atom stereocenters. The lowest BCUT2D eigenvalue weighted by molar-refractivity contribution is -0.135. The molecule has 2 aliphatic heterocycles. The Hall–Kier alpha value is -2.64. The van der Waals surface area contributed by atoms with Crippen LogP contribution in [0.15, 0.2) is 36.7 Å². The summed E-state index contributed by atoms with van der Waals surface area (Å²) >= 11 is 0. The summed E-state index contributed by atoms with van der Waals surface area (Å²) in [4.78, 5) is 19.7. The van der Waals surface area contributed by atoms with Gasteiger partial charge in [0.1, 0.15) is 6.10 Å². The number of hydrogen-bond acceptors (Lipinski definition) is 6. The van der Waals surface area contributed by atoms with E-state index in [4.69, 9.17) is 4.74 Å².